The molecule has 2 heterocycles. The molecule has 0 atom stereocenters. The maximum Gasteiger partial charge on any atom is 0.313 e. The minimum atomic E-state index is -0.499. The van der Waals surface area contributed by atoms with Crippen molar-refractivity contribution in [2.24, 2.45) is 0 Å². The number of hydrogen-bond donors (Lipinski definition) is 1. The molecule has 0 fully saturated rings. The van der Waals surface area contributed by atoms with E-state index < -0.39 is 4.92 Å². The van der Waals surface area contributed by atoms with Gasteiger partial charge in [-0.05, 0) is 31.4 Å². The molecule has 0 aliphatic rings. The molecule has 2 rings (SSSR count). The Balaban J connectivity index is 2.57. The van der Waals surface area contributed by atoms with Crippen LogP contribution in [0.2, 0.25) is 5.02 Å². The lowest BCUT2D eigenvalue weighted by atomic mass is 10.0. The fourth-order valence-corrected chi connectivity index (χ4v) is 2.25. The molecule has 1 N–H and O–H groups in total. The van der Waals surface area contributed by atoms with E-state index in [2.05, 4.69) is 15.3 Å². The largest absolute Gasteiger partial charge is 0.333 e. The third kappa shape index (κ3) is 3.17. The fraction of sp³-hybridized carbons (Fsp3) is 0.333. The van der Waals surface area contributed by atoms with E-state index in [-0.39, 0.29) is 22.4 Å². The van der Waals surface area contributed by atoms with E-state index in [0.717, 1.165) is 16.9 Å². The van der Waals surface area contributed by atoms with Crippen LogP contribution in [-0.4, -0.2) is 14.9 Å². The molecular weight excluding hydrogens is 304 g/mol. The first-order valence-electron chi connectivity index (χ1n) is 6.85. The van der Waals surface area contributed by atoms with Gasteiger partial charge in [0.1, 0.15) is 0 Å². The van der Waals surface area contributed by atoms with Crippen LogP contribution in [0.15, 0.2) is 18.3 Å². The zero-order chi connectivity index (χ0) is 16.4. The number of nitrogens with zero attached hydrogens (tertiary/aromatic N) is 3. The Bertz CT molecular complexity index is 732. The van der Waals surface area contributed by atoms with Crippen molar-refractivity contribution in [3.05, 3.63) is 50.4 Å². The van der Waals surface area contributed by atoms with Crippen LogP contribution in [0.25, 0.3) is 0 Å². The van der Waals surface area contributed by atoms with Crippen LogP contribution in [0.3, 0.4) is 0 Å². The average Bonchev–Trinajstić information content (AvgIpc) is 2.44. The quantitative estimate of drug-likeness (QED) is 0.661. The van der Waals surface area contributed by atoms with E-state index in [1.54, 1.807) is 13.1 Å². The number of nitro groups is 1. The van der Waals surface area contributed by atoms with E-state index in [4.69, 9.17) is 11.6 Å². The van der Waals surface area contributed by atoms with Gasteiger partial charge in [-0.2, -0.15) is 0 Å². The molecule has 0 aliphatic heterocycles. The third-order valence-corrected chi connectivity index (χ3v) is 3.69. The first-order valence-corrected chi connectivity index (χ1v) is 7.23. The molecule has 0 saturated heterocycles. The van der Waals surface area contributed by atoms with Gasteiger partial charge in [-0.3, -0.25) is 15.1 Å². The van der Waals surface area contributed by atoms with Gasteiger partial charge >= 0.3 is 5.69 Å². The number of aromatic nitrogens is 2. The van der Waals surface area contributed by atoms with E-state index >= 15 is 0 Å². The third-order valence-electron chi connectivity index (χ3n) is 3.31. The number of hydrogen-bond acceptors (Lipinski definition) is 5. The topological polar surface area (TPSA) is 81.0 Å². The molecule has 116 valence electrons. The Morgan fingerprint density at radius 1 is 1.36 bits per heavy atom. The van der Waals surface area contributed by atoms with E-state index in [1.165, 1.54) is 6.07 Å². The standard InChI is InChI=1S/C15H17ClN4O2/c1-8(2)13-14(9(3)5-6-17-13)19-15-12(20(21)22)7-11(16)10(4)18-15/h5-8H,1-4H3,(H,18,19). The molecule has 0 radical (unpaired) electrons. The van der Waals surface area contributed by atoms with E-state index in [1.807, 2.05) is 26.8 Å². The van der Waals surface area contributed by atoms with Crippen LogP contribution in [-0.2, 0) is 0 Å². The summed E-state index contributed by atoms with van der Waals surface area (Å²) in [6, 6.07) is 3.16. The van der Waals surface area contributed by atoms with Gasteiger partial charge in [0.15, 0.2) is 0 Å². The molecule has 0 unspecified atom stereocenters. The first kappa shape index (κ1) is 16.2. The van der Waals surface area contributed by atoms with Crippen molar-refractivity contribution >= 4 is 28.8 Å². The van der Waals surface area contributed by atoms with Gasteiger partial charge in [0.05, 0.1) is 27.0 Å². The maximum absolute atomic E-state index is 11.2. The molecule has 6 nitrogen and oxygen atoms in total. The summed E-state index contributed by atoms with van der Waals surface area (Å²) in [6.45, 7) is 7.66. The van der Waals surface area contributed by atoms with E-state index in [0.29, 0.717) is 5.69 Å². The molecule has 0 amide bonds. The van der Waals surface area contributed by atoms with Crippen LogP contribution in [0.1, 0.15) is 36.7 Å². The van der Waals surface area contributed by atoms with Crippen molar-refractivity contribution in [1.29, 1.82) is 0 Å². The minimum absolute atomic E-state index is 0.159. The molecule has 7 heteroatoms. The highest BCUT2D eigenvalue weighted by atomic mass is 35.5. The highest BCUT2D eigenvalue weighted by Gasteiger charge is 2.20. The number of halogens is 1. The number of aryl methyl sites for hydroxylation is 2. The Hall–Kier alpha value is -2.21. The summed E-state index contributed by atoms with van der Waals surface area (Å²) in [5, 5.41) is 14.6. The van der Waals surface area contributed by atoms with Crippen molar-refractivity contribution in [2.75, 3.05) is 5.32 Å². The van der Waals surface area contributed by atoms with Gasteiger partial charge in [-0.25, -0.2) is 4.98 Å². The Labute approximate surface area is 133 Å². The number of anilines is 2. The maximum atomic E-state index is 11.2. The monoisotopic (exact) mass is 320 g/mol. The lowest BCUT2D eigenvalue weighted by molar-refractivity contribution is -0.384. The van der Waals surface area contributed by atoms with Gasteiger partial charge in [0.25, 0.3) is 0 Å². The second-order valence-electron chi connectivity index (χ2n) is 5.35. The summed E-state index contributed by atoms with van der Waals surface area (Å²) in [6.07, 6.45) is 1.73. The van der Waals surface area contributed by atoms with Gasteiger partial charge in [0.2, 0.25) is 5.82 Å². The minimum Gasteiger partial charge on any atom is -0.333 e. The van der Waals surface area contributed by atoms with Crippen LogP contribution in [0.5, 0.6) is 0 Å². The number of pyridine rings is 2. The summed E-state index contributed by atoms with van der Waals surface area (Å²) in [7, 11) is 0. The van der Waals surface area contributed by atoms with E-state index in [9.17, 15) is 10.1 Å². The average molecular weight is 321 g/mol. The van der Waals surface area contributed by atoms with Gasteiger partial charge in [-0.1, -0.05) is 25.4 Å². The van der Waals surface area contributed by atoms with Crippen LogP contribution in [0, 0.1) is 24.0 Å². The fourth-order valence-electron chi connectivity index (χ4n) is 2.10. The van der Waals surface area contributed by atoms with Gasteiger partial charge in [-0.15, -0.1) is 0 Å². The summed E-state index contributed by atoms with van der Waals surface area (Å²) in [5.41, 5.74) is 2.90. The number of rotatable bonds is 4. The van der Waals surface area contributed by atoms with Gasteiger partial charge in [0, 0.05) is 12.3 Å². The molecule has 2 aromatic rings. The summed E-state index contributed by atoms with van der Waals surface area (Å²) < 4.78 is 0. The van der Waals surface area contributed by atoms with Crippen molar-refractivity contribution in [2.45, 2.75) is 33.6 Å². The van der Waals surface area contributed by atoms with Crippen LogP contribution in [0.4, 0.5) is 17.2 Å². The van der Waals surface area contributed by atoms with Gasteiger partial charge < -0.3 is 5.32 Å². The summed E-state index contributed by atoms with van der Waals surface area (Å²) >= 11 is 5.94. The highest BCUT2D eigenvalue weighted by Crippen LogP contribution is 2.33. The van der Waals surface area contributed by atoms with Crippen molar-refractivity contribution in [3.63, 3.8) is 0 Å². The molecule has 22 heavy (non-hydrogen) atoms. The normalized spacial score (nSPS) is 10.8. The second-order valence-corrected chi connectivity index (χ2v) is 5.76. The predicted octanol–water partition coefficient (Wildman–Crippen LogP) is 4.52. The molecular formula is C15H17ClN4O2. The molecule has 2 aromatic heterocycles. The summed E-state index contributed by atoms with van der Waals surface area (Å²) in [5.74, 6) is 0.347. The lowest BCUT2D eigenvalue weighted by Crippen LogP contribution is -2.06. The first-order chi connectivity index (χ1) is 10.3. The highest BCUT2D eigenvalue weighted by molar-refractivity contribution is 6.31. The summed E-state index contributed by atoms with van der Waals surface area (Å²) in [4.78, 5) is 19.3. The Morgan fingerprint density at radius 3 is 2.64 bits per heavy atom. The molecule has 0 spiro atoms. The smallest absolute Gasteiger partial charge is 0.313 e. The lowest BCUT2D eigenvalue weighted by Gasteiger charge is -2.16. The zero-order valence-electron chi connectivity index (χ0n) is 12.8. The molecule has 0 saturated carbocycles. The van der Waals surface area contributed by atoms with Crippen LogP contribution >= 0.6 is 11.6 Å². The van der Waals surface area contributed by atoms with Crippen molar-refractivity contribution in [3.8, 4) is 0 Å². The van der Waals surface area contributed by atoms with Crippen molar-refractivity contribution in [1.82, 2.24) is 9.97 Å². The number of nitrogens with one attached hydrogen (secondary N) is 1. The predicted molar refractivity (Wildman–Crippen MR) is 87.0 cm³/mol. The SMILES string of the molecule is Cc1ccnc(C(C)C)c1Nc1nc(C)c(Cl)cc1[N+](=O)[O-]. The Kier molecular flexibility index (Phi) is 4.61. The zero-order valence-corrected chi connectivity index (χ0v) is 13.6. The Morgan fingerprint density at radius 2 is 2.05 bits per heavy atom. The molecule has 0 aliphatic carbocycles. The van der Waals surface area contributed by atoms with Crippen molar-refractivity contribution < 1.29 is 4.92 Å². The molecule has 0 bridgehead atoms. The second kappa shape index (κ2) is 6.27. The molecule has 0 aromatic carbocycles. The van der Waals surface area contributed by atoms with Crippen LogP contribution < -0.4 is 5.32 Å².